The molecule has 3 amide bonds. The van der Waals surface area contributed by atoms with Gasteiger partial charge in [-0.25, -0.2) is 0 Å². The highest BCUT2D eigenvalue weighted by Crippen LogP contribution is 2.11. The number of carbonyl (C=O) groups excluding carboxylic acids is 3. The van der Waals surface area contributed by atoms with Gasteiger partial charge in [0, 0.05) is 25.6 Å². The molecule has 1 aliphatic rings. The smallest absolute Gasteiger partial charge is 0.287 e. The van der Waals surface area contributed by atoms with Gasteiger partial charge in [-0.3, -0.25) is 19.3 Å². The minimum Gasteiger partial charge on any atom is -0.459 e. The van der Waals surface area contributed by atoms with E-state index in [1.54, 1.807) is 12.1 Å². The summed E-state index contributed by atoms with van der Waals surface area (Å²) < 4.78 is 5.13. The zero-order valence-electron chi connectivity index (χ0n) is 16.2. The standard InChI is InChI=1S/C21H26N4O4/c22-19(26)14-25-10-8-16(9-11-25)23-20(27)17(13-15-5-2-1-3-6-15)24-21(28)18-7-4-12-29-18/h1-7,12,16-17H,8-11,13-14H2,(H2,22,26)(H,23,27)(H,24,28). The Kier molecular flexibility index (Phi) is 7.02. The number of hydrogen-bond acceptors (Lipinski definition) is 5. The molecule has 1 aromatic heterocycles. The number of nitrogens with one attached hydrogen (secondary N) is 2. The normalized spacial score (nSPS) is 16.1. The quantitative estimate of drug-likeness (QED) is 0.605. The molecule has 8 heteroatoms. The van der Waals surface area contributed by atoms with Gasteiger partial charge in [0.25, 0.3) is 5.91 Å². The van der Waals surface area contributed by atoms with Crippen LogP contribution in [0.1, 0.15) is 29.0 Å². The minimum atomic E-state index is -0.723. The molecule has 2 aromatic rings. The molecule has 1 aliphatic heterocycles. The predicted octanol–water partition coefficient (Wildman–Crippen LogP) is 0.687. The van der Waals surface area contributed by atoms with Crippen molar-refractivity contribution in [1.29, 1.82) is 0 Å². The molecule has 154 valence electrons. The molecule has 1 fully saturated rings. The van der Waals surface area contributed by atoms with Crippen molar-refractivity contribution in [3.8, 4) is 0 Å². The number of piperidine rings is 1. The van der Waals surface area contributed by atoms with Crippen LogP contribution in [-0.4, -0.2) is 54.3 Å². The third kappa shape index (κ3) is 6.18. The molecule has 0 spiro atoms. The summed E-state index contributed by atoms with van der Waals surface area (Å²) in [6.45, 7) is 1.61. The fourth-order valence-electron chi connectivity index (χ4n) is 3.45. The summed E-state index contributed by atoms with van der Waals surface area (Å²) in [6.07, 6.45) is 3.24. The van der Waals surface area contributed by atoms with Crippen molar-refractivity contribution >= 4 is 17.7 Å². The van der Waals surface area contributed by atoms with Gasteiger partial charge in [0.15, 0.2) is 5.76 Å². The van der Waals surface area contributed by atoms with Crippen molar-refractivity contribution in [3.05, 3.63) is 60.1 Å². The molecule has 8 nitrogen and oxygen atoms in total. The zero-order chi connectivity index (χ0) is 20.6. The highest BCUT2D eigenvalue weighted by atomic mass is 16.3. The van der Waals surface area contributed by atoms with Crippen molar-refractivity contribution in [3.63, 3.8) is 0 Å². The Morgan fingerprint density at radius 2 is 1.83 bits per heavy atom. The molecule has 0 aliphatic carbocycles. The summed E-state index contributed by atoms with van der Waals surface area (Å²) in [5, 5.41) is 5.81. The number of furan rings is 1. The summed E-state index contributed by atoms with van der Waals surface area (Å²) in [5.74, 6) is -0.851. The second-order valence-corrected chi connectivity index (χ2v) is 7.22. The average molecular weight is 398 g/mol. The largest absolute Gasteiger partial charge is 0.459 e. The van der Waals surface area contributed by atoms with Crippen molar-refractivity contribution < 1.29 is 18.8 Å². The first-order valence-electron chi connectivity index (χ1n) is 9.70. The topological polar surface area (TPSA) is 118 Å². The van der Waals surface area contributed by atoms with Crippen LogP contribution in [0.25, 0.3) is 0 Å². The third-order valence-electron chi connectivity index (χ3n) is 4.96. The molecular weight excluding hydrogens is 372 g/mol. The van der Waals surface area contributed by atoms with Crippen LogP contribution < -0.4 is 16.4 Å². The summed E-state index contributed by atoms with van der Waals surface area (Å²) in [7, 11) is 0. The van der Waals surface area contributed by atoms with E-state index >= 15 is 0 Å². The van der Waals surface area contributed by atoms with Gasteiger partial charge in [-0.05, 0) is 30.5 Å². The van der Waals surface area contributed by atoms with E-state index < -0.39 is 11.9 Å². The monoisotopic (exact) mass is 398 g/mol. The van der Waals surface area contributed by atoms with E-state index in [0.29, 0.717) is 19.5 Å². The Morgan fingerprint density at radius 1 is 1.10 bits per heavy atom. The van der Waals surface area contributed by atoms with Crippen LogP contribution in [0.4, 0.5) is 0 Å². The fraction of sp³-hybridized carbons (Fsp3) is 0.381. The fourth-order valence-corrected chi connectivity index (χ4v) is 3.45. The van der Waals surface area contributed by atoms with Crippen LogP contribution in [0, 0.1) is 0 Å². The molecule has 4 N–H and O–H groups in total. The van der Waals surface area contributed by atoms with Gasteiger partial charge in [-0.15, -0.1) is 0 Å². The molecule has 1 saturated heterocycles. The summed E-state index contributed by atoms with van der Waals surface area (Å²) in [4.78, 5) is 38.4. The molecule has 29 heavy (non-hydrogen) atoms. The van der Waals surface area contributed by atoms with E-state index in [2.05, 4.69) is 10.6 Å². The van der Waals surface area contributed by atoms with E-state index in [4.69, 9.17) is 10.2 Å². The van der Waals surface area contributed by atoms with E-state index in [0.717, 1.165) is 18.4 Å². The van der Waals surface area contributed by atoms with Crippen molar-refractivity contribution in [2.24, 2.45) is 5.73 Å². The SMILES string of the molecule is NC(=O)CN1CCC(NC(=O)C(Cc2ccccc2)NC(=O)c2ccco2)CC1. The highest BCUT2D eigenvalue weighted by molar-refractivity contribution is 5.95. The van der Waals surface area contributed by atoms with Gasteiger partial charge in [0.05, 0.1) is 12.8 Å². The lowest BCUT2D eigenvalue weighted by atomic mass is 10.0. The third-order valence-corrected chi connectivity index (χ3v) is 4.96. The Morgan fingerprint density at radius 3 is 2.45 bits per heavy atom. The zero-order valence-corrected chi connectivity index (χ0v) is 16.2. The maximum absolute atomic E-state index is 12.9. The van der Waals surface area contributed by atoms with E-state index in [1.807, 2.05) is 35.2 Å². The number of primary amides is 1. The second kappa shape index (κ2) is 9.88. The van der Waals surface area contributed by atoms with Gasteiger partial charge in [0.1, 0.15) is 6.04 Å². The van der Waals surface area contributed by atoms with E-state index in [9.17, 15) is 14.4 Å². The number of likely N-dealkylation sites (tertiary alicyclic amines) is 1. The minimum absolute atomic E-state index is 0.00888. The maximum Gasteiger partial charge on any atom is 0.287 e. The van der Waals surface area contributed by atoms with Gasteiger partial charge in [0.2, 0.25) is 11.8 Å². The number of carbonyl (C=O) groups is 3. The lowest BCUT2D eigenvalue weighted by molar-refractivity contribution is -0.124. The van der Waals surface area contributed by atoms with Gasteiger partial charge in [-0.1, -0.05) is 30.3 Å². The average Bonchev–Trinajstić information content (AvgIpc) is 3.24. The molecule has 0 bridgehead atoms. The number of hydrogen-bond donors (Lipinski definition) is 3. The molecule has 1 aromatic carbocycles. The van der Waals surface area contributed by atoms with Crippen LogP contribution in [0.3, 0.4) is 0 Å². The molecule has 2 heterocycles. The predicted molar refractivity (Wildman–Crippen MR) is 107 cm³/mol. The molecular formula is C21H26N4O4. The maximum atomic E-state index is 12.9. The van der Waals surface area contributed by atoms with Crippen LogP contribution in [-0.2, 0) is 16.0 Å². The summed E-state index contributed by atoms with van der Waals surface area (Å²) in [5.41, 5.74) is 6.19. The van der Waals surface area contributed by atoms with Gasteiger partial charge >= 0.3 is 0 Å². The van der Waals surface area contributed by atoms with E-state index in [-0.39, 0.29) is 30.2 Å². The summed E-state index contributed by atoms with van der Waals surface area (Å²) >= 11 is 0. The van der Waals surface area contributed by atoms with Crippen LogP contribution in [0.15, 0.2) is 53.1 Å². The Labute approximate surface area is 169 Å². The number of benzene rings is 1. The molecule has 1 unspecified atom stereocenters. The van der Waals surface area contributed by atoms with Gasteiger partial charge < -0.3 is 20.8 Å². The summed E-state index contributed by atoms with van der Waals surface area (Å²) in [6, 6.07) is 12.0. The van der Waals surface area contributed by atoms with Crippen molar-refractivity contribution in [2.45, 2.75) is 31.3 Å². The molecule has 0 saturated carbocycles. The molecule has 1 atom stereocenters. The number of nitrogens with two attached hydrogens (primary N) is 1. The first-order chi connectivity index (χ1) is 14.0. The Balaban J connectivity index is 1.61. The second-order valence-electron chi connectivity index (χ2n) is 7.22. The van der Waals surface area contributed by atoms with Gasteiger partial charge in [-0.2, -0.15) is 0 Å². The number of amides is 3. The van der Waals surface area contributed by atoms with E-state index in [1.165, 1.54) is 6.26 Å². The Bertz CT molecular complexity index is 814. The van der Waals surface area contributed by atoms with Crippen molar-refractivity contribution in [2.75, 3.05) is 19.6 Å². The first-order valence-corrected chi connectivity index (χ1v) is 9.70. The lowest BCUT2D eigenvalue weighted by Crippen LogP contribution is -2.53. The number of nitrogens with zero attached hydrogens (tertiary/aromatic N) is 1. The van der Waals surface area contributed by atoms with Crippen LogP contribution in [0.5, 0.6) is 0 Å². The van der Waals surface area contributed by atoms with Crippen LogP contribution in [0.2, 0.25) is 0 Å². The Hall–Kier alpha value is -3.13. The number of rotatable bonds is 8. The van der Waals surface area contributed by atoms with Crippen LogP contribution >= 0.6 is 0 Å². The lowest BCUT2D eigenvalue weighted by Gasteiger charge is -2.32. The highest BCUT2D eigenvalue weighted by Gasteiger charge is 2.27. The molecule has 0 radical (unpaired) electrons. The first kappa shape index (κ1) is 20.6. The molecule has 3 rings (SSSR count). The van der Waals surface area contributed by atoms with Crippen molar-refractivity contribution in [1.82, 2.24) is 15.5 Å².